The average Bonchev–Trinajstić information content (AvgIpc) is 3.20. The van der Waals surface area contributed by atoms with Crippen molar-refractivity contribution in [3.63, 3.8) is 0 Å². The summed E-state index contributed by atoms with van der Waals surface area (Å²) in [6.45, 7) is 4.71. The number of terminal acetylenes is 1. The molecular formula is C27H25N5OS. The Kier molecular flexibility index (Phi) is 5.11. The number of nitrogens with one attached hydrogen (secondary N) is 2. The number of nitrogens with zero attached hydrogens (tertiary/aromatic N) is 3. The van der Waals surface area contributed by atoms with Crippen molar-refractivity contribution in [1.29, 1.82) is 0 Å². The lowest BCUT2D eigenvalue weighted by Crippen LogP contribution is -2.34. The second-order valence-electron chi connectivity index (χ2n) is 9.05. The highest BCUT2D eigenvalue weighted by Crippen LogP contribution is 2.41. The molecule has 0 saturated carbocycles. The van der Waals surface area contributed by atoms with Crippen molar-refractivity contribution in [3.8, 4) is 23.6 Å². The maximum atomic E-state index is 12.7. The first-order chi connectivity index (χ1) is 16.6. The van der Waals surface area contributed by atoms with Crippen LogP contribution in [0, 0.1) is 12.3 Å². The maximum absolute atomic E-state index is 12.7. The molecule has 2 aliphatic heterocycles. The van der Waals surface area contributed by atoms with Crippen molar-refractivity contribution in [3.05, 3.63) is 47.0 Å². The molecule has 5 heterocycles. The van der Waals surface area contributed by atoms with E-state index in [1.54, 1.807) is 0 Å². The van der Waals surface area contributed by atoms with E-state index in [1.807, 2.05) is 25.1 Å². The molecule has 1 fully saturated rings. The zero-order valence-corrected chi connectivity index (χ0v) is 19.8. The molecule has 1 aromatic carbocycles. The fourth-order valence-corrected chi connectivity index (χ4v) is 6.01. The molecule has 0 bridgehead atoms. The predicted molar refractivity (Wildman–Crippen MR) is 140 cm³/mol. The van der Waals surface area contributed by atoms with E-state index in [-0.39, 0.29) is 11.9 Å². The van der Waals surface area contributed by atoms with E-state index in [0.29, 0.717) is 12.2 Å². The van der Waals surface area contributed by atoms with Crippen molar-refractivity contribution in [2.24, 2.45) is 0 Å². The van der Waals surface area contributed by atoms with Crippen molar-refractivity contribution in [2.45, 2.75) is 32.2 Å². The van der Waals surface area contributed by atoms with E-state index in [9.17, 15) is 4.79 Å². The van der Waals surface area contributed by atoms with E-state index in [1.165, 1.54) is 30.6 Å². The molecule has 6 rings (SSSR count). The van der Waals surface area contributed by atoms with E-state index < -0.39 is 0 Å². The fraction of sp³-hybridized carbons (Fsp3) is 0.296. The van der Waals surface area contributed by atoms with Gasteiger partial charge >= 0.3 is 0 Å². The van der Waals surface area contributed by atoms with E-state index in [4.69, 9.17) is 11.4 Å². The summed E-state index contributed by atoms with van der Waals surface area (Å²) in [5.41, 5.74) is 4.27. The third kappa shape index (κ3) is 3.55. The van der Waals surface area contributed by atoms with Gasteiger partial charge in [-0.1, -0.05) is 5.92 Å². The molecule has 4 aromatic rings. The molecule has 0 radical (unpaired) electrons. The number of rotatable bonds is 2. The Balaban J connectivity index is 1.47. The van der Waals surface area contributed by atoms with Gasteiger partial charge in [0.05, 0.1) is 16.9 Å². The topological polar surface area (TPSA) is 70.2 Å². The molecule has 0 aliphatic carbocycles. The second-order valence-corrected chi connectivity index (χ2v) is 10.1. The van der Waals surface area contributed by atoms with Gasteiger partial charge in [-0.3, -0.25) is 4.79 Å². The van der Waals surface area contributed by atoms with Crippen LogP contribution in [0.15, 0.2) is 36.4 Å². The van der Waals surface area contributed by atoms with Crippen molar-refractivity contribution < 1.29 is 4.79 Å². The van der Waals surface area contributed by atoms with Gasteiger partial charge in [0.1, 0.15) is 16.4 Å². The zero-order chi connectivity index (χ0) is 23.2. The van der Waals surface area contributed by atoms with Gasteiger partial charge in [-0.25, -0.2) is 9.97 Å². The number of aromatic nitrogens is 2. The summed E-state index contributed by atoms with van der Waals surface area (Å²) < 4.78 is 1.08. The Morgan fingerprint density at radius 3 is 2.79 bits per heavy atom. The van der Waals surface area contributed by atoms with Crippen LogP contribution in [0.5, 0.6) is 0 Å². The van der Waals surface area contributed by atoms with Gasteiger partial charge in [0.15, 0.2) is 0 Å². The van der Waals surface area contributed by atoms with Crippen LogP contribution >= 0.6 is 11.3 Å². The SMILES string of the molecule is C#Cc1cc(-c2ccc3c(ccc4sc5c(c43)NC[C@@H](C)NC5=O)n2)cc(N2CCCCC2)n1. The number of carbonyl (C=O) groups is 1. The molecule has 7 heteroatoms. The van der Waals surface area contributed by atoms with Crippen molar-refractivity contribution >= 4 is 49.7 Å². The summed E-state index contributed by atoms with van der Waals surface area (Å²) in [6.07, 6.45) is 9.37. The van der Waals surface area contributed by atoms with Gasteiger partial charge in [0.25, 0.3) is 5.91 Å². The van der Waals surface area contributed by atoms with Crippen LogP contribution < -0.4 is 15.5 Å². The van der Waals surface area contributed by atoms with Gasteiger partial charge < -0.3 is 15.5 Å². The number of anilines is 2. The number of amides is 1. The first-order valence-corrected chi connectivity index (χ1v) is 12.6. The predicted octanol–water partition coefficient (Wildman–Crippen LogP) is 5.03. The Morgan fingerprint density at radius 1 is 1.12 bits per heavy atom. The number of benzene rings is 1. The molecule has 6 nitrogen and oxygen atoms in total. The molecule has 2 N–H and O–H groups in total. The third-order valence-electron chi connectivity index (χ3n) is 6.63. The lowest BCUT2D eigenvalue weighted by atomic mass is 10.1. The van der Waals surface area contributed by atoms with Gasteiger partial charge in [-0.05, 0) is 62.6 Å². The smallest absolute Gasteiger partial charge is 0.263 e. The monoisotopic (exact) mass is 467 g/mol. The Labute approximate surface area is 202 Å². The van der Waals surface area contributed by atoms with Crippen LogP contribution in [0.25, 0.3) is 32.2 Å². The minimum Gasteiger partial charge on any atom is -0.381 e. The average molecular weight is 468 g/mol. The van der Waals surface area contributed by atoms with Crippen LogP contribution in [-0.4, -0.2) is 41.6 Å². The summed E-state index contributed by atoms with van der Waals surface area (Å²) in [5.74, 6) is 3.62. The van der Waals surface area contributed by atoms with Crippen molar-refractivity contribution in [2.75, 3.05) is 29.9 Å². The minimum absolute atomic E-state index is 0.0183. The molecule has 170 valence electrons. The molecule has 0 spiro atoms. The Hall–Kier alpha value is -3.63. The Morgan fingerprint density at radius 2 is 1.97 bits per heavy atom. The molecule has 1 atom stereocenters. The van der Waals surface area contributed by atoms with Crippen molar-refractivity contribution in [1.82, 2.24) is 15.3 Å². The standard InChI is InChI=1S/C27H25N5OS/c1-3-18-13-17(14-23(30-18)32-11-5-4-6-12-32)20-8-7-19-21(31-20)9-10-22-24(19)25-26(34-22)27(33)29-16(2)15-28-25/h1,7-10,13-14,16,28H,4-6,11-12,15H2,2H3,(H,29,33)/t16-/m1/s1. The summed E-state index contributed by atoms with van der Waals surface area (Å²) >= 11 is 1.52. The molecule has 1 amide bonds. The normalized spacial score (nSPS) is 18.2. The van der Waals surface area contributed by atoms with Crippen LogP contribution in [0.4, 0.5) is 11.5 Å². The fourth-order valence-electron chi connectivity index (χ4n) is 4.91. The van der Waals surface area contributed by atoms with E-state index in [0.717, 1.165) is 61.7 Å². The maximum Gasteiger partial charge on any atom is 0.263 e. The molecule has 0 unspecified atom stereocenters. The highest BCUT2D eigenvalue weighted by molar-refractivity contribution is 7.21. The highest BCUT2D eigenvalue weighted by Gasteiger charge is 2.25. The number of pyridine rings is 2. The molecule has 1 saturated heterocycles. The number of carbonyl (C=O) groups excluding carboxylic acids is 1. The molecular weight excluding hydrogens is 442 g/mol. The number of piperidine rings is 1. The zero-order valence-electron chi connectivity index (χ0n) is 19.0. The number of hydrogen-bond acceptors (Lipinski definition) is 6. The molecule has 3 aromatic heterocycles. The largest absolute Gasteiger partial charge is 0.381 e. The summed E-state index contributed by atoms with van der Waals surface area (Å²) in [5, 5.41) is 8.64. The van der Waals surface area contributed by atoms with Crippen LogP contribution in [0.3, 0.4) is 0 Å². The van der Waals surface area contributed by atoms with Crippen LogP contribution in [0.2, 0.25) is 0 Å². The highest BCUT2D eigenvalue weighted by atomic mass is 32.1. The van der Waals surface area contributed by atoms with Crippen LogP contribution in [-0.2, 0) is 0 Å². The quantitative estimate of drug-likeness (QED) is 0.405. The van der Waals surface area contributed by atoms with Gasteiger partial charge in [-0.2, -0.15) is 0 Å². The van der Waals surface area contributed by atoms with E-state index in [2.05, 4.69) is 44.6 Å². The first-order valence-electron chi connectivity index (χ1n) is 11.8. The van der Waals surface area contributed by atoms with Gasteiger partial charge in [-0.15, -0.1) is 17.8 Å². The molecule has 34 heavy (non-hydrogen) atoms. The molecule has 2 aliphatic rings. The van der Waals surface area contributed by atoms with Gasteiger partial charge in [0.2, 0.25) is 0 Å². The second kappa shape index (κ2) is 8.30. The minimum atomic E-state index is -0.0183. The lowest BCUT2D eigenvalue weighted by Gasteiger charge is -2.28. The van der Waals surface area contributed by atoms with E-state index >= 15 is 0 Å². The number of thiophene rings is 1. The van der Waals surface area contributed by atoms with Crippen LogP contribution in [0.1, 0.15) is 41.6 Å². The number of fused-ring (bicyclic) bond motifs is 5. The summed E-state index contributed by atoms with van der Waals surface area (Å²) in [4.78, 5) is 25.4. The summed E-state index contributed by atoms with van der Waals surface area (Å²) in [7, 11) is 0. The lowest BCUT2D eigenvalue weighted by molar-refractivity contribution is 0.0949. The first kappa shape index (κ1) is 20.9. The number of hydrogen-bond donors (Lipinski definition) is 2. The third-order valence-corrected chi connectivity index (χ3v) is 7.78. The van der Waals surface area contributed by atoms with Gasteiger partial charge in [0, 0.05) is 46.7 Å². The summed E-state index contributed by atoms with van der Waals surface area (Å²) in [6, 6.07) is 12.4. The Bertz CT molecular complexity index is 1480.